The summed E-state index contributed by atoms with van der Waals surface area (Å²) in [5.41, 5.74) is 0.653. The number of rotatable bonds is 2. The fourth-order valence-electron chi connectivity index (χ4n) is 1.36. The van der Waals surface area contributed by atoms with E-state index >= 15 is 0 Å². The molecule has 0 atom stereocenters. The number of ether oxygens (including phenoxy) is 1. The smallest absolute Gasteiger partial charge is 0.174 e. The predicted molar refractivity (Wildman–Crippen MR) is 59.0 cm³/mol. The molecule has 0 spiro atoms. The molecule has 1 aromatic carbocycles. The molecule has 2 aromatic rings. The van der Waals surface area contributed by atoms with Crippen molar-refractivity contribution in [3.63, 3.8) is 0 Å². The van der Waals surface area contributed by atoms with E-state index in [1.165, 1.54) is 25.7 Å². The summed E-state index contributed by atoms with van der Waals surface area (Å²) < 4.78 is 18.8. The molecule has 0 aliphatic heterocycles. The lowest BCUT2D eigenvalue weighted by molar-refractivity contribution is 0.387. The Balaban J connectivity index is 2.61. The SMILES string of the molecule is COc1cccc(-c2ncncc2Cl)c1F. The Hall–Kier alpha value is -1.68. The molecule has 0 saturated heterocycles. The second-order valence-electron chi connectivity index (χ2n) is 3.04. The first kappa shape index (κ1) is 10.8. The minimum absolute atomic E-state index is 0.159. The minimum atomic E-state index is -0.481. The molecule has 0 amide bonds. The van der Waals surface area contributed by atoms with Gasteiger partial charge >= 0.3 is 0 Å². The van der Waals surface area contributed by atoms with Crippen LogP contribution < -0.4 is 4.74 Å². The molecule has 82 valence electrons. The zero-order chi connectivity index (χ0) is 11.5. The molecule has 0 N–H and O–H groups in total. The fourth-order valence-corrected chi connectivity index (χ4v) is 1.57. The van der Waals surface area contributed by atoms with Gasteiger partial charge in [-0.25, -0.2) is 14.4 Å². The molecule has 3 nitrogen and oxygen atoms in total. The highest BCUT2D eigenvalue weighted by Gasteiger charge is 2.13. The third-order valence-electron chi connectivity index (χ3n) is 2.11. The van der Waals surface area contributed by atoms with Crippen molar-refractivity contribution in [2.24, 2.45) is 0 Å². The van der Waals surface area contributed by atoms with Gasteiger partial charge in [-0.05, 0) is 12.1 Å². The van der Waals surface area contributed by atoms with Crippen molar-refractivity contribution in [2.45, 2.75) is 0 Å². The third kappa shape index (κ3) is 1.84. The van der Waals surface area contributed by atoms with Gasteiger partial charge in [0, 0.05) is 11.8 Å². The molecule has 0 saturated carbocycles. The maximum atomic E-state index is 13.9. The number of hydrogen-bond acceptors (Lipinski definition) is 3. The van der Waals surface area contributed by atoms with Gasteiger partial charge in [-0.3, -0.25) is 0 Å². The van der Waals surface area contributed by atoms with Crippen LogP contribution in [0.2, 0.25) is 5.02 Å². The first-order valence-electron chi connectivity index (χ1n) is 4.52. The molecule has 2 rings (SSSR count). The Labute approximate surface area is 96.9 Å². The summed E-state index contributed by atoms with van der Waals surface area (Å²) in [5, 5.41) is 0.301. The number of benzene rings is 1. The molecule has 0 fully saturated rings. The van der Waals surface area contributed by atoms with Gasteiger partial charge in [0.15, 0.2) is 11.6 Å². The largest absolute Gasteiger partial charge is 0.494 e. The Bertz CT molecular complexity index is 519. The van der Waals surface area contributed by atoms with Crippen molar-refractivity contribution >= 4 is 11.6 Å². The average molecular weight is 239 g/mol. The van der Waals surface area contributed by atoms with Gasteiger partial charge in [0.05, 0.1) is 17.8 Å². The molecule has 0 unspecified atom stereocenters. The lowest BCUT2D eigenvalue weighted by Gasteiger charge is -2.07. The van der Waals surface area contributed by atoms with Crippen LogP contribution in [0.3, 0.4) is 0 Å². The lowest BCUT2D eigenvalue weighted by atomic mass is 10.1. The van der Waals surface area contributed by atoms with Crippen molar-refractivity contribution in [3.8, 4) is 17.0 Å². The van der Waals surface area contributed by atoms with Crippen LogP contribution >= 0.6 is 11.6 Å². The van der Waals surface area contributed by atoms with E-state index in [0.29, 0.717) is 16.3 Å². The van der Waals surface area contributed by atoms with Crippen molar-refractivity contribution < 1.29 is 9.13 Å². The quantitative estimate of drug-likeness (QED) is 0.807. The highest BCUT2D eigenvalue weighted by molar-refractivity contribution is 6.32. The van der Waals surface area contributed by atoms with Gasteiger partial charge < -0.3 is 4.74 Å². The number of hydrogen-bond donors (Lipinski definition) is 0. The van der Waals surface area contributed by atoms with Crippen LogP contribution in [0.5, 0.6) is 5.75 Å². The third-order valence-corrected chi connectivity index (χ3v) is 2.38. The molecular formula is C11H8ClFN2O. The van der Waals surface area contributed by atoms with Gasteiger partial charge in [-0.1, -0.05) is 17.7 Å². The van der Waals surface area contributed by atoms with Crippen molar-refractivity contribution in [1.29, 1.82) is 0 Å². The van der Waals surface area contributed by atoms with E-state index in [-0.39, 0.29) is 5.75 Å². The average Bonchev–Trinajstić information content (AvgIpc) is 2.31. The zero-order valence-electron chi connectivity index (χ0n) is 8.45. The number of aromatic nitrogens is 2. The van der Waals surface area contributed by atoms with Crippen LogP contribution in [0.15, 0.2) is 30.7 Å². The summed E-state index contributed by atoms with van der Waals surface area (Å²) in [6.07, 6.45) is 2.74. The Kier molecular flexibility index (Phi) is 3.01. The first-order chi connectivity index (χ1) is 7.74. The Morgan fingerprint density at radius 1 is 1.38 bits per heavy atom. The summed E-state index contributed by atoms with van der Waals surface area (Å²) in [6.45, 7) is 0. The molecular weight excluding hydrogens is 231 g/mol. The van der Waals surface area contributed by atoms with Crippen LogP contribution in [0.4, 0.5) is 4.39 Å². The van der Waals surface area contributed by atoms with E-state index < -0.39 is 5.82 Å². The lowest BCUT2D eigenvalue weighted by Crippen LogP contribution is -1.93. The normalized spacial score (nSPS) is 10.2. The van der Waals surface area contributed by atoms with Crippen LogP contribution in [0.1, 0.15) is 0 Å². The van der Waals surface area contributed by atoms with E-state index in [1.54, 1.807) is 12.1 Å². The number of methoxy groups -OCH3 is 1. The topological polar surface area (TPSA) is 35.0 Å². The zero-order valence-corrected chi connectivity index (χ0v) is 9.20. The first-order valence-corrected chi connectivity index (χ1v) is 4.90. The highest BCUT2D eigenvalue weighted by Crippen LogP contribution is 2.31. The highest BCUT2D eigenvalue weighted by atomic mass is 35.5. The second-order valence-corrected chi connectivity index (χ2v) is 3.45. The second kappa shape index (κ2) is 4.45. The van der Waals surface area contributed by atoms with Crippen LogP contribution in [-0.4, -0.2) is 17.1 Å². The van der Waals surface area contributed by atoms with Crippen molar-refractivity contribution in [2.75, 3.05) is 7.11 Å². The summed E-state index contributed by atoms with van der Waals surface area (Å²) in [5.74, 6) is -0.322. The minimum Gasteiger partial charge on any atom is -0.494 e. The van der Waals surface area contributed by atoms with Crippen LogP contribution in [0, 0.1) is 5.82 Å². The molecule has 0 aliphatic carbocycles. The van der Waals surface area contributed by atoms with E-state index in [9.17, 15) is 4.39 Å². The maximum absolute atomic E-state index is 13.9. The Morgan fingerprint density at radius 3 is 2.88 bits per heavy atom. The van der Waals surface area contributed by atoms with Crippen molar-refractivity contribution in [1.82, 2.24) is 9.97 Å². The summed E-state index contributed by atoms with van der Waals surface area (Å²) in [4.78, 5) is 7.69. The maximum Gasteiger partial charge on any atom is 0.174 e. The summed E-state index contributed by atoms with van der Waals surface area (Å²) >= 11 is 5.89. The van der Waals surface area contributed by atoms with Gasteiger partial charge in [0.2, 0.25) is 0 Å². The summed E-state index contributed by atoms with van der Waals surface area (Å²) in [7, 11) is 1.41. The van der Waals surface area contributed by atoms with E-state index in [1.807, 2.05) is 0 Å². The molecule has 0 aliphatic rings. The van der Waals surface area contributed by atoms with E-state index in [2.05, 4.69) is 9.97 Å². The van der Waals surface area contributed by atoms with Gasteiger partial charge in [-0.15, -0.1) is 0 Å². The van der Waals surface area contributed by atoms with E-state index in [0.717, 1.165) is 0 Å². The molecule has 1 heterocycles. The molecule has 0 radical (unpaired) electrons. The predicted octanol–water partition coefficient (Wildman–Crippen LogP) is 2.94. The number of halogens is 2. The van der Waals surface area contributed by atoms with Crippen LogP contribution in [0.25, 0.3) is 11.3 Å². The number of nitrogens with zero attached hydrogens (tertiary/aromatic N) is 2. The Morgan fingerprint density at radius 2 is 2.19 bits per heavy atom. The summed E-state index contributed by atoms with van der Waals surface area (Å²) in [6, 6.07) is 4.80. The molecule has 16 heavy (non-hydrogen) atoms. The van der Waals surface area contributed by atoms with Crippen molar-refractivity contribution in [3.05, 3.63) is 41.6 Å². The fraction of sp³-hybridized carbons (Fsp3) is 0.0909. The van der Waals surface area contributed by atoms with Gasteiger partial charge in [-0.2, -0.15) is 0 Å². The van der Waals surface area contributed by atoms with Gasteiger partial charge in [0.1, 0.15) is 6.33 Å². The molecule has 5 heteroatoms. The van der Waals surface area contributed by atoms with E-state index in [4.69, 9.17) is 16.3 Å². The molecule has 1 aromatic heterocycles. The van der Waals surface area contributed by atoms with Gasteiger partial charge in [0.25, 0.3) is 0 Å². The monoisotopic (exact) mass is 238 g/mol. The van der Waals surface area contributed by atoms with Crippen LogP contribution in [-0.2, 0) is 0 Å². The standard InChI is InChI=1S/C11H8ClFN2O/c1-16-9-4-2-3-7(10(9)13)11-8(12)5-14-6-15-11/h2-6H,1H3. The molecule has 0 bridgehead atoms.